The van der Waals surface area contributed by atoms with Gasteiger partial charge in [-0.1, -0.05) is 18.2 Å². The van der Waals surface area contributed by atoms with E-state index in [0.717, 1.165) is 24.3 Å². The van der Waals surface area contributed by atoms with Crippen LogP contribution in [0.3, 0.4) is 0 Å². The molecule has 2 aromatic carbocycles. The van der Waals surface area contributed by atoms with Crippen molar-refractivity contribution in [1.82, 2.24) is 10.2 Å². The second-order valence-electron chi connectivity index (χ2n) is 8.49. The second kappa shape index (κ2) is 8.38. The maximum Gasteiger partial charge on any atom is 0.251 e. The normalized spacial score (nSPS) is 19.7. The molecule has 0 aliphatic carbocycles. The van der Waals surface area contributed by atoms with Crippen molar-refractivity contribution in [2.75, 3.05) is 19.7 Å². The van der Waals surface area contributed by atoms with E-state index in [0.29, 0.717) is 37.3 Å². The number of benzene rings is 2. The molecule has 6 nitrogen and oxygen atoms in total. The van der Waals surface area contributed by atoms with Crippen LogP contribution in [0.4, 0.5) is 0 Å². The summed E-state index contributed by atoms with van der Waals surface area (Å²) >= 11 is 0. The van der Waals surface area contributed by atoms with Crippen molar-refractivity contribution in [2.24, 2.45) is 0 Å². The molecule has 0 spiro atoms. The van der Waals surface area contributed by atoms with Crippen molar-refractivity contribution < 1.29 is 19.1 Å². The molecule has 6 heteroatoms. The number of hydrogen-bond acceptors (Lipinski definition) is 4. The first-order chi connectivity index (χ1) is 14.4. The molecule has 0 saturated carbocycles. The third-order valence-electron chi connectivity index (χ3n) is 5.60. The third kappa shape index (κ3) is 4.58. The lowest BCUT2D eigenvalue weighted by Crippen LogP contribution is -2.41. The van der Waals surface area contributed by atoms with E-state index in [1.165, 1.54) is 0 Å². The Hall–Kier alpha value is -3.02. The molecule has 30 heavy (non-hydrogen) atoms. The van der Waals surface area contributed by atoms with Crippen molar-refractivity contribution in [1.29, 1.82) is 0 Å². The minimum atomic E-state index is -0.347. The van der Waals surface area contributed by atoms with E-state index in [-0.39, 0.29) is 23.5 Å². The molecule has 2 aliphatic heterocycles. The maximum absolute atomic E-state index is 12.8. The fraction of sp³-hybridized carbons (Fsp3) is 0.417. The Morgan fingerprint density at radius 1 is 1.20 bits per heavy atom. The van der Waals surface area contributed by atoms with Gasteiger partial charge < -0.3 is 19.7 Å². The highest BCUT2D eigenvalue weighted by Crippen LogP contribution is 2.39. The van der Waals surface area contributed by atoms with Gasteiger partial charge in [0.2, 0.25) is 5.91 Å². The van der Waals surface area contributed by atoms with E-state index in [1.807, 2.05) is 43.0 Å². The smallest absolute Gasteiger partial charge is 0.251 e. The predicted octanol–water partition coefficient (Wildman–Crippen LogP) is 3.72. The lowest BCUT2D eigenvalue weighted by Gasteiger charge is -2.37. The average molecular weight is 408 g/mol. The molecule has 2 heterocycles. The topological polar surface area (TPSA) is 67.9 Å². The number of likely N-dealkylation sites (tertiary alicyclic amines) is 1. The van der Waals surface area contributed by atoms with E-state index in [9.17, 15) is 9.59 Å². The number of fused-ring (bicyclic) bond motifs is 1. The van der Waals surface area contributed by atoms with Crippen molar-refractivity contribution in [3.05, 3.63) is 59.7 Å². The maximum atomic E-state index is 12.8. The van der Waals surface area contributed by atoms with E-state index in [2.05, 4.69) is 5.32 Å². The van der Waals surface area contributed by atoms with Crippen LogP contribution in [-0.2, 0) is 4.79 Å². The number of nitrogens with one attached hydrogen (secondary N) is 1. The predicted molar refractivity (Wildman–Crippen MR) is 114 cm³/mol. The van der Waals surface area contributed by atoms with E-state index in [1.54, 1.807) is 24.3 Å². The summed E-state index contributed by atoms with van der Waals surface area (Å²) < 4.78 is 11.8. The summed E-state index contributed by atoms with van der Waals surface area (Å²) in [6.45, 7) is 5.92. The Morgan fingerprint density at radius 2 is 1.97 bits per heavy atom. The number of nitrogens with zero attached hydrogens (tertiary/aromatic N) is 1. The summed E-state index contributed by atoms with van der Waals surface area (Å²) in [5, 5.41) is 3.15. The van der Waals surface area contributed by atoms with Gasteiger partial charge in [0.05, 0.1) is 12.6 Å². The first-order valence-corrected chi connectivity index (χ1v) is 10.5. The van der Waals surface area contributed by atoms with Gasteiger partial charge in [0.15, 0.2) is 0 Å². The average Bonchev–Trinajstić information content (AvgIpc) is 3.12. The molecular formula is C24H28N2O4. The minimum Gasteiger partial charge on any atom is -0.492 e. The highest BCUT2D eigenvalue weighted by molar-refractivity contribution is 5.94. The van der Waals surface area contributed by atoms with Gasteiger partial charge in [-0.25, -0.2) is 0 Å². The molecule has 0 bridgehead atoms. The lowest BCUT2D eigenvalue weighted by molar-refractivity contribution is -0.128. The number of hydrogen-bond donors (Lipinski definition) is 1. The number of amides is 2. The first kappa shape index (κ1) is 20.3. The lowest BCUT2D eigenvalue weighted by atomic mass is 9.89. The van der Waals surface area contributed by atoms with Gasteiger partial charge in [-0.15, -0.1) is 0 Å². The van der Waals surface area contributed by atoms with E-state index < -0.39 is 0 Å². The Morgan fingerprint density at radius 3 is 2.70 bits per heavy atom. The molecule has 2 amide bonds. The van der Waals surface area contributed by atoms with Crippen LogP contribution in [0.25, 0.3) is 0 Å². The molecule has 0 radical (unpaired) electrons. The summed E-state index contributed by atoms with van der Waals surface area (Å²) in [4.78, 5) is 26.3. The molecule has 158 valence electrons. The largest absolute Gasteiger partial charge is 0.492 e. The van der Waals surface area contributed by atoms with Gasteiger partial charge in [-0.05, 0) is 50.6 Å². The van der Waals surface area contributed by atoms with Crippen molar-refractivity contribution in [3.63, 3.8) is 0 Å². The Kier molecular flexibility index (Phi) is 5.66. The fourth-order valence-electron chi connectivity index (χ4n) is 4.09. The Balaban J connectivity index is 1.35. The summed E-state index contributed by atoms with van der Waals surface area (Å²) in [7, 11) is 0. The number of para-hydroxylation sites is 1. The van der Waals surface area contributed by atoms with Gasteiger partial charge in [-0.3, -0.25) is 9.59 Å². The zero-order chi connectivity index (χ0) is 21.1. The summed E-state index contributed by atoms with van der Waals surface area (Å²) in [6.07, 6.45) is 2.27. The zero-order valence-electron chi connectivity index (χ0n) is 17.5. The molecule has 4 rings (SSSR count). The second-order valence-corrected chi connectivity index (χ2v) is 8.49. The van der Waals surface area contributed by atoms with Crippen LogP contribution in [0, 0.1) is 0 Å². The third-order valence-corrected chi connectivity index (χ3v) is 5.60. The molecule has 1 fully saturated rings. The van der Waals surface area contributed by atoms with E-state index >= 15 is 0 Å². The molecule has 1 saturated heterocycles. The molecule has 2 aromatic rings. The molecule has 1 N–H and O–H groups in total. The number of rotatable bonds is 6. The summed E-state index contributed by atoms with van der Waals surface area (Å²) in [6, 6.07) is 14.9. The fourth-order valence-corrected chi connectivity index (χ4v) is 4.09. The molecule has 1 unspecified atom stereocenters. The first-order valence-electron chi connectivity index (χ1n) is 10.5. The summed E-state index contributed by atoms with van der Waals surface area (Å²) in [5.41, 5.74) is 1.24. The standard InChI is InChI=1S/C24H28N2O4/c1-24(2)16-20(19-6-3-4-7-21(19)30-24)25-23(28)17-9-11-18(12-10-17)29-15-14-26-13-5-8-22(26)27/h3-4,6-7,9-12,20H,5,8,13-16H2,1-2H3,(H,25,28). The van der Waals surface area contributed by atoms with Crippen LogP contribution < -0.4 is 14.8 Å². The van der Waals surface area contributed by atoms with Crippen molar-refractivity contribution in [3.8, 4) is 11.5 Å². The van der Waals surface area contributed by atoms with Crippen LogP contribution in [0.2, 0.25) is 0 Å². The monoisotopic (exact) mass is 408 g/mol. The molecular weight excluding hydrogens is 380 g/mol. The molecule has 1 atom stereocenters. The van der Waals surface area contributed by atoms with Crippen LogP contribution in [0.5, 0.6) is 11.5 Å². The van der Waals surface area contributed by atoms with Crippen LogP contribution in [0.15, 0.2) is 48.5 Å². The number of ether oxygens (including phenoxy) is 2. The highest BCUT2D eigenvalue weighted by Gasteiger charge is 2.34. The quantitative estimate of drug-likeness (QED) is 0.791. The zero-order valence-corrected chi connectivity index (χ0v) is 17.5. The van der Waals surface area contributed by atoms with Gasteiger partial charge in [-0.2, -0.15) is 0 Å². The number of carbonyl (C=O) groups excluding carboxylic acids is 2. The van der Waals surface area contributed by atoms with Gasteiger partial charge in [0.1, 0.15) is 23.7 Å². The van der Waals surface area contributed by atoms with Crippen LogP contribution >= 0.6 is 0 Å². The van der Waals surface area contributed by atoms with Gasteiger partial charge >= 0.3 is 0 Å². The highest BCUT2D eigenvalue weighted by atomic mass is 16.5. The van der Waals surface area contributed by atoms with Crippen LogP contribution in [-0.4, -0.2) is 42.0 Å². The summed E-state index contributed by atoms with van der Waals surface area (Å²) in [5.74, 6) is 1.58. The van der Waals surface area contributed by atoms with Crippen LogP contribution in [0.1, 0.15) is 55.1 Å². The minimum absolute atomic E-state index is 0.105. The number of carbonyl (C=O) groups is 2. The van der Waals surface area contributed by atoms with Crippen molar-refractivity contribution >= 4 is 11.8 Å². The Labute approximate surface area is 177 Å². The molecule has 2 aliphatic rings. The Bertz CT molecular complexity index is 923. The van der Waals surface area contributed by atoms with Gasteiger partial charge in [0.25, 0.3) is 5.91 Å². The van der Waals surface area contributed by atoms with Gasteiger partial charge in [0, 0.05) is 30.5 Å². The van der Waals surface area contributed by atoms with E-state index in [4.69, 9.17) is 9.47 Å². The SMILES string of the molecule is CC1(C)CC(NC(=O)c2ccc(OCCN3CCCC3=O)cc2)c2ccccc2O1. The van der Waals surface area contributed by atoms with Crippen molar-refractivity contribution in [2.45, 2.75) is 44.8 Å². The molecule has 0 aromatic heterocycles.